The van der Waals surface area contributed by atoms with Crippen LogP contribution < -0.4 is 0 Å². The molecule has 3 rings (SSSR count). The summed E-state index contributed by atoms with van der Waals surface area (Å²) in [4.78, 5) is 24.1. The zero-order chi connectivity index (χ0) is 24.0. The zero-order valence-electron chi connectivity index (χ0n) is 20.1. The molecule has 0 saturated carbocycles. The lowest BCUT2D eigenvalue weighted by atomic mass is 9.95. The maximum atomic E-state index is 12.5. The number of hydrogen-bond donors (Lipinski definition) is 0. The number of rotatable bonds is 8. The van der Waals surface area contributed by atoms with Crippen molar-refractivity contribution in [3.8, 4) is 0 Å². The molecule has 2 aromatic rings. The summed E-state index contributed by atoms with van der Waals surface area (Å²) in [6, 6.07) is 10.6. The van der Waals surface area contributed by atoms with E-state index < -0.39 is 0 Å². The van der Waals surface area contributed by atoms with Crippen LogP contribution in [0.2, 0.25) is 0 Å². The molecule has 0 aliphatic heterocycles. The Morgan fingerprint density at radius 2 is 1.79 bits per heavy atom. The van der Waals surface area contributed by atoms with Crippen molar-refractivity contribution in [1.29, 1.82) is 0 Å². The predicted molar refractivity (Wildman–Crippen MR) is 139 cm³/mol. The van der Waals surface area contributed by atoms with E-state index in [1.807, 2.05) is 13.8 Å². The molecule has 0 saturated heterocycles. The molecule has 174 valence electrons. The second-order valence-electron chi connectivity index (χ2n) is 8.93. The van der Waals surface area contributed by atoms with Crippen LogP contribution in [0.1, 0.15) is 76.8 Å². The quantitative estimate of drug-likeness (QED) is 0.235. The zero-order valence-corrected chi connectivity index (χ0v) is 20.9. The standard InChI is InChI=1S/C28H33NO3S/c1-5-28(24-11-10-22-8-6-7-9-27(30)26(22)17-24)33-18-19(2)14-25-16-20(3)23(15-21(25)4)12-13-29(31)32/h5,10-11,15-18H,6-9,12-14H2,1-4H3/b19-18+,28-5-. The van der Waals surface area contributed by atoms with E-state index in [0.29, 0.717) is 12.8 Å². The van der Waals surface area contributed by atoms with Gasteiger partial charge in [-0.25, -0.2) is 0 Å². The minimum absolute atomic E-state index is 0.0321. The summed E-state index contributed by atoms with van der Waals surface area (Å²) in [6.45, 7) is 8.25. The highest BCUT2D eigenvalue weighted by Gasteiger charge is 2.16. The maximum Gasteiger partial charge on any atom is 0.207 e. The number of benzene rings is 2. The number of Topliss-reactive ketones (excluding diaryl/α,β-unsaturated/α-hetero) is 1. The van der Waals surface area contributed by atoms with Gasteiger partial charge in [0, 0.05) is 28.2 Å². The third-order valence-electron chi connectivity index (χ3n) is 6.27. The van der Waals surface area contributed by atoms with Crippen molar-refractivity contribution >= 4 is 22.5 Å². The molecule has 33 heavy (non-hydrogen) atoms. The molecule has 0 fully saturated rings. The average molecular weight is 464 g/mol. The van der Waals surface area contributed by atoms with Crippen molar-refractivity contribution in [2.45, 2.75) is 66.2 Å². The molecule has 1 aliphatic carbocycles. The lowest BCUT2D eigenvalue weighted by molar-refractivity contribution is -0.479. The van der Waals surface area contributed by atoms with Gasteiger partial charge in [-0.2, -0.15) is 0 Å². The monoisotopic (exact) mass is 463 g/mol. The minimum Gasteiger partial charge on any atom is -0.294 e. The fraction of sp³-hybridized carbons (Fsp3) is 0.393. The first-order chi connectivity index (χ1) is 15.8. The summed E-state index contributed by atoms with van der Waals surface area (Å²) < 4.78 is 0. The van der Waals surface area contributed by atoms with E-state index >= 15 is 0 Å². The number of carbonyl (C=O) groups excluding carboxylic acids is 1. The van der Waals surface area contributed by atoms with Gasteiger partial charge in [-0.3, -0.25) is 14.9 Å². The Morgan fingerprint density at radius 3 is 2.52 bits per heavy atom. The normalized spacial score (nSPS) is 14.7. The predicted octanol–water partition coefficient (Wildman–Crippen LogP) is 7.27. The van der Waals surface area contributed by atoms with E-state index in [4.69, 9.17) is 0 Å². The van der Waals surface area contributed by atoms with Crippen LogP contribution in [0, 0.1) is 24.0 Å². The fourth-order valence-electron chi connectivity index (χ4n) is 4.36. The number of nitro groups is 1. The topological polar surface area (TPSA) is 60.2 Å². The van der Waals surface area contributed by atoms with Crippen LogP contribution in [-0.4, -0.2) is 17.3 Å². The molecule has 0 bridgehead atoms. The van der Waals surface area contributed by atoms with Crippen molar-refractivity contribution in [3.05, 3.63) is 96.4 Å². The Bertz CT molecular complexity index is 1110. The number of thioether (sulfide) groups is 1. The van der Waals surface area contributed by atoms with Gasteiger partial charge in [0.1, 0.15) is 0 Å². The summed E-state index contributed by atoms with van der Waals surface area (Å²) in [7, 11) is 0. The Morgan fingerprint density at radius 1 is 1.09 bits per heavy atom. The molecule has 0 unspecified atom stereocenters. The highest BCUT2D eigenvalue weighted by molar-refractivity contribution is 8.10. The molecule has 0 aromatic heterocycles. The van der Waals surface area contributed by atoms with Crippen molar-refractivity contribution in [3.63, 3.8) is 0 Å². The van der Waals surface area contributed by atoms with E-state index in [1.54, 1.807) is 11.8 Å². The molecule has 0 amide bonds. The SMILES string of the molecule is C/C=C(\S/C=C(\C)Cc1cc(C)c(CC[N+](=O)[O-])cc1C)c1ccc2c(c1)C(=O)CCCC2. The molecular weight excluding hydrogens is 430 g/mol. The first-order valence-corrected chi connectivity index (χ1v) is 12.5. The van der Waals surface area contributed by atoms with Crippen LogP contribution in [0.4, 0.5) is 0 Å². The minimum atomic E-state index is -0.258. The van der Waals surface area contributed by atoms with Crippen molar-refractivity contribution in [2.24, 2.45) is 0 Å². The van der Waals surface area contributed by atoms with Crippen LogP contribution >= 0.6 is 11.8 Å². The number of aryl methyl sites for hydroxylation is 3. The van der Waals surface area contributed by atoms with Crippen LogP contribution in [0.3, 0.4) is 0 Å². The first-order valence-electron chi connectivity index (χ1n) is 11.6. The van der Waals surface area contributed by atoms with E-state index in [2.05, 4.69) is 55.7 Å². The molecule has 5 heteroatoms. The molecule has 4 nitrogen and oxygen atoms in total. The second-order valence-corrected chi connectivity index (χ2v) is 9.84. The number of nitrogens with zero attached hydrogens (tertiary/aromatic N) is 1. The van der Waals surface area contributed by atoms with Crippen molar-refractivity contribution in [2.75, 3.05) is 6.54 Å². The van der Waals surface area contributed by atoms with Gasteiger partial charge in [0.15, 0.2) is 5.78 Å². The Labute approximate surface area is 201 Å². The van der Waals surface area contributed by atoms with Gasteiger partial charge in [-0.05, 0) is 98.2 Å². The molecule has 0 spiro atoms. The van der Waals surface area contributed by atoms with Gasteiger partial charge < -0.3 is 0 Å². The van der Waals surface area contributed by atoms with E-state index in [0.717, 1.165) is 52.8 Å². The van der Waals surface area contributed by atoms with Gasteiger partial charge in [-0.1, -0.05) is 47.7 Å². The lowest BCUT2D eigenvalue weighted by Crippen LogP contribution is -2.06. The largest absolute Gasteiger partial charge is 0.294 e. The third-order valence-corrected chi connectivity index (χ3v) is 7.52. The molecule has 0 atom stereocenters. The highest BCUT2D eigenvalue weighted by atomic mass is 32.2. The summed E-state index contributed by atoms with van der Waals surface area (Å²) >= 11 is 1.70. The van der Waals surface area contributed by atoms with Crippen LogP contribution in [-0.2, 0) is 19.3 Å². The Balaban J connectivity index is 1.72. The molecular formula is C28H33NO3S. The molecule has 1 aliphatic rings. The van der Waals surface area contributed by atoms with Gasteiger partial charge in [0.2, 0.25) is 6.54 Å². The molecule has 0 N–H and O–H groups in total. The van der Waals surface area contributed by atoms with Crippen molar-refractivity contribution in [1.82, 2.24) is 0 Å². The molecule has 0 heterocycles. The van der Waals surface area contributed by atoms with E-state index in [-0.39, 0.29) is 17.3 Å². The number of allylic oxidation sites excluding steroid dienone is 2. The molecule has 0 radical (unpaired) electrons. The van der Waals surface area contributed by atoms with Crippen LogP contribution in [0.5, 0.6) is 0 Å². The smallest absolute Gasteiger partial charge is 0.207 e. The number of hydrogen-bond acceptors (Lipinski definition) is 4. The maximum absolute atomic E-state index is 12.5. The first kappa shape index (κ1) is 25.0. The number of fused-ring (bicyclic) bond motifs is 1. The van der Waals surface area contributed by atoms with Crippen LogP contribution in [0.25, 0.3) is 4.91 Å². The highest BCUT2D eigenvalue weighted by Crippen LogP contribution is 2.33. The number of ketones is 1. The fourth-order valence-corrected chi connectivity index (χ4v) is 5.17. The summed E-state index contributed by atoms with van der Waals surface area (Å²) in [5, 5.41) is 12.9. The van der Waals surface area contributed by atoms with Gasteiger partial charge >= 0.3 is 0 Å². The second kappa shape index (κ2) is 11.5. The average Bonchev–Trinajstić information content (AvgIpc) is 2.96. The Hall–Kier alpha value is -2.66. The summed E-state index contributed by atoms with van der Waals surface area (Å²) in [5.74, 6) is 0.268. The lowest BCUT2D eigenvalue weighted by Gasteiger charge is -2.13. The molecule has 2 aromatic carbocycles. The van der Waals surface area contributed by atoms with E-state index in [1.165, 1.54) is 22.3 Å². The van der Waals surface area contributed by atoms with Crippen molar-refractivity contribution < 1.29 is 9.72 Å². The Kier molecular flexibility index (Phi) is 8.67. The van der Waals surface area contributed by atoms with Gasteiger partial charge in [-0.15, -0.1) is 0 Å². The summed E-state index contributed by atoms with van der Waals surface area (Å²) in [5.41, 5.74) is 9.03. The number of carbonyl (C=O) groups is 1. The third kappa shape index (κ3) is 6.67. The van der Waals surface area contributed by atoms with Crippen LogP contribution in [0.15, 0.2) is 47.4 Å². The summed E-state index contributed by atoms with van der Waals surface area (Å²) in [6.07, 6.45) is 7.12. The van der Waals surface area contributed by atoms with E-state index in [9.17, 15) is 14.9 Å². The van der Waals surface area contributed by atoms with Gasteiger partial charge in [0.25, 0.3) is 0 Å². The van der Waals surface area contributed by atoms with Gasteiger partial charge in [0.05, 0.1) is 0 Å².